The van der Waals surface area contributed by atoms with E-state index in [0.717, 1.165) is 12.6 Å². The first-order valence-electron chi connectivity index (χ1n) is 5.27. The van der Waals surface area contributed by atoms with E-state index in [1.165, 1.54) is 38.6 Å². The van der Waals surface area contributed by atoms with Crippen LogP contribution in [0, 0.1) is 0 Å². The van der Waals surface area contributed by atoms with Crippen LogP contribution < -0.4 is 10.6 Å². The Morgan fingerprint density at radius 1 is 1.42 bits per heavy atom. The fourth-order valence-electron chi connectivity index (χ4n) is 1.93. The molecule has 12 heavy (non-hydrogen) atoms. The molecule has 1 atom stereocenters. The van der Waals surface area contributed by atoms with Crippen molar-refractivity contribution in [2.24, 2.45) is 0 Å². The van der Waals surface area contributed by atoms with Gasteiger partial charge in [0.25, 0.3) is 0 Å². The molecule has 1 aliphatic carbocycles. The molecule has 2 aliphatic rings. The zero-order valence-electron chi connectivity index (χ0n) is 8.03. The largest absolute Gasteiger partial charge is 0.312 e. The van der Waals surface area contributed by atoms with Crippen LogP contribution >= 0.6 is 0 Å². The van der Waals surface area contributed by atoms with E-state index in [1.54, 1.807) is 0 Å². The normalized spacial score (nSPS) is 36.8. The Morgan fingerprint density at radius 2 is 2.25 bits per heavy atom. The minimum Gasteiger partial charge on any atom is -0.312 e. The summed E-state index contributed by atoms with van der Waals surface area (Å²) < 4.78 is 0. The van der Waals surface area contributed by atoms with E-state index >= 15 is 0 Å². The zero-order valence-corrected chi connectivity index (χ0v) is 8.03. The van der Waals surface area contributed by atoms with Crippen LogP contribution in [0.5, 0.6) is 0 Å². The van der Waals surface area contributed by atoms with Crippen molar-refractivity contribution in [1.82, 2.24) is 10.6 Å². The van der Waals surface area contributed by atoms with Gasteiger partial charge in [-0.05, 0) is 39.2 Å². The third kappa shape index (κ3) is 2.20. The van der Waals surface area contributed by atoms with Gasteiger partial charge in [0.05, 0.1) is 0 Å². The minimum absolute atomic E-state index is 0.390. The summed E-state index contributed by atoms with van der Waals surface area (Å²) in [6.07, 6.45) is 6.90. The molecule has 0 bridgehead atoms. The van der Waals surface area contributed by atoms with Gasteiger partial charge >= 0.3 is 0 Å². The molecule has 0 aromatic rings. The molecular formula is C10H20N2. The van der Waals surface area contributed by atoms with Crippen LogP contribution in [-0.4, -0.2) is 24.7 Å². The monoisotopic (exact) mass is 168 g/mol. The van der Waals surface area contributed by atoms with Gasteiger partial charge in [-0.1, -0.05) is 6.42 Å². The molecule has 2 nitrogen and oxygen atoms in total. The quantitative estimate of drug-likeness (QED) is 0.663. The maximum Gasteiger partial charge on any atom is 0.0278 e. The van der Waals surface area contributed by atoms with E-state index < -0.39 is 0 Å². The van der Waals surface area contributed by atoms with E-state index in [0.29, 0.717) is 5.54 Å². The molecule has 0 aromatic carbocycles. The van der Waals surface area contributed by atoms with Gasteiger partial charge in [0.2, 0.25) is 0 Å². The van der Waals surface area contributed by atoms with E-state index in [4.69, 9.17) is 0 Å². The molecule has 1 unspecified atom stereocenters. The summed E-state index contributed by atoms with van der Waals surface area (Å²) in [5.41, 5.74) is 0.390. The second-order valence-corrected chi connectivity index (χ2v) is 4.60. The van der Waals surface area contributed by atoms with E-state index in [2.05, 4.69) is 17.6 Å². The SMILES string of the molecule is CC1(CNC2CC2)CCCCN1. The number of hydrogen-bond donors (Lipinski definition) is 2. The first kappa shape index (κ1) is 8.52. The summed E-state index contributed by atoms with van der Waals surface area (Å²) in [7, 11) is 0. The number of nitrogens with one attached hydrogen (secondary N) is 2. The van der Waals surface area contributed by atoms with Crippen LogP contribution in [0.25, 0.3) is 0 Å². The van der Waals surface area contributed by atoms with Crippen LogP contribution in [0.15, 0.2) is 0 Å². The second-order valence-electron chi connectivity index (χ2n) is 4.60. The average molecular weight is 168 g/mol. The van der Waals surface area contributed by atoms with Gasteiger partial charge in [-0.2, -0.15) is 0 Å². The first-order valence-corrected chi connectivity index (χ1v) is 5.27. The summed E-state index contributed by atoms with van der Waals surface area (Å²) in [4.78, 5) is 0. The average Bonchev–Trinajstić information content (AvgIpc) is 2.85. The molecule has 0 spiro atoms. The maximum absolute atomic E-state index is 3.62. The standard InChI is InChI=1S/C10H20N2/c1-10(6-2-3-7-12-10)8-11-9-4-5-9/h9,11-12H,2-8H2,1H3. The molecule has 2 N–H and O–H groups in total. The Morgan fingerprint density at radius 3 is 2.83 bits per heavy atom. The van der Waals surface area contributed by atoms with Crippen molar-refractivity contribution in [2.75, 3.05) is 13.1 Å². The topological polar surface area (TPSA) is 24.1 Å². The molecule has 0 aromatic heterocycles. The van der Waals surface area contributed by atoms with Crippen molar-refractivity contribution in [3.05, 3.63) is 0 Å². The van der Waals surface area contributed by atoms with E-state index in [1.807, 2.05) is 0 Å². The molecule has 1 saturated carbocycles. The van der Waals surface area contributed by atoms with Crippen LogP contribution in [0.4, 0.5) is 0 Å². The van der Waals surface area contributed by atoms with Crippen LogP contribution in [0.3, 0.4) is 0 Å². The molecule has 0 amide bonds. The van der Waals surface area contributed by atoms with Gasteiger partial charge in [-0.3, -0.25) is 0 Å². The zero-order chi connectivity index (χ0) is 8.44. The minimum atomic E-state index is 0.390. The first-order chi connectivity index (χ1) is 5.79. The Kier molecular flexibility index (Phi) is 2.37. The lowest BCUT2D eigenvalue weighted by Gasteiger charge is -2.35. The lowest BCUT2D eigenvalue weighted by atomic mass is 9.91. The Balaban J connectivity index is 1.73. The fraction of sp³-hybridized carbons (Fsp3) is 1.00. The molecule has 0 radical (unpaired) electrons. The molecular weight excluding hydrogens is 148 g/mol. The molecule has 2 heteroatoms. The highest BCUT2D eigenvalue weighted by atomic mass is 15.1. The van der Waals surface area contributed by atoms with Crippen molar-refractivity contribution >= 4 is 0 Å². The summed E-state index contributed by atoms with van der Waals surface area (Å²) in [6.45, 7) is 4.72. The lowest BCUT2D eigenvalue weighted by Crippen LogP contribution is -2.53. The smallest absolute Gasteiger partial charge is 0.0278 e. The third-order valence-corrected chi connectivity index (χ3v) is 3.07. The Hall–Kier alpha value is -0.0800. The summed E-state index contributed by atoms with van der Waals surface area (Å²) in [5, 5.41) is 7.22. The van der Waals surface area contributed by atoms with Crippen LogP contribution in [0.2, 0.25) is 0 Å². The second kappa shape index (κ2) is 3.35. The van der Waals surface area contributed by atoms with Crippen LogP contribution in [-0.2, 0) is 0 Å². The highest BCUT2D eigenvalue weighted by molar-refractivity contribution is 4.92. The summed E-state index contributed by atoms with van der Waals surface area (Å²) in [5.74, 6) is 0. The van der Waals surface area contributed by atoms with E-state index in [-0.39, 0.29) is 0 Å². The maximum atomic E-state index is 3.62. The van der Waals surface area contributed by atoms with Crippen molar-refractivity contribution in [1.29, 1.82) is 0 Å². The van der Waals surface area contributed by atoms with Gasteiger partial charge in [0.15, 0.2) is 0 Å². The summed E-state index contributed by atoms with van der Waals surface area (Å²) in [6, 6.07) is 0.852. The third-order valence-electron chi connectivity index (χ3n) is 3.07. The Labute approximate surface area is 75.1 Å². The fourth-order valence-corrected chi connectivity index (χ4v) is 1.93. The van der Waals surface area contributed by atoms with Gasteiger partial charge in [0, 0.05) is 18.1 Å². The van der Waals surface area contributed by atoms with Gasteiger partial charge in [0.1, 0.15) is 0 Å². The van der Waals surface area contributed by atoms with Crippen molar-refractivity contribution in [3.8, 4) is 0 Å². The number of hydrogen-bond acceptors (Lipinski definition) is 2. The van der Waals surface area contributed by atoms with Crippen molar-refractivity contribution < 1.29 is 0 Å². The molecule has 2 fully saturated rings. The molecule has 1 aliphatic heterocycles. The van der Waals surface area contributed by atoms with Gasteiger partial charge < -0.3 is 10.6 Å². The van der Waals surface area contributed by atoms with Gasteiger partial charge in [-0.25, -0.2) is 0 Å². The Bertz CT molecular complexity index is 146. The molecule has 1 saturated heterocycles. The molecule has 70 valence electrons. The van der Waals surface area contributed by atoms with Crippen molar-refractivity contribution in [2.45, 2.75) is 50.6 Å². The summed E-state index contributed by atoms with van der Waals surface area (Å²) >= 11 is 0. The van der Waals surface area contributed by atoms with E-state index in [9.17, 15) is 0 Å². The number of piperidine rings is 1. The molecule has 2 rings (SSSR count). The predicted molar refractivity (Wildman–Crippen MR) is 51.3 cm³/mol. The van der Waals surface area contributed by atoms with Crippen molar-refractivity contribution in [3.63, 3.8) is 0 Å². The predicted octanol–water partition coefficient (Wildman–Crippen LogP) is 1.27. The highest BCUT2D eigenvalue weighted by Crippen LogP contribution is 2.22. The lowest BCUT2D eigenvalue weighted by molar-refractivity contribution is 0.266. The van der Waals surface area contributed by atoms with Gasteiger partial charge in [-0.15, -0.1) is 0 Å². The highest BCUT2D eigenvalue weighted by Gasteiger charge is 2.29. The van der Waals surface area contributed by atoms with Crippen LogP contribution in [0.1, 0.15) is 39.0 Å². The molecule has 1 heterocycles. The number of rotatable bonds is 3.